The first-order chi connectivity index (χ1) is 11.6. The van der Waals surface area contributed by atoms with Crippen LogP contribution in [-0.4, -0.2) is 35.7 Å². The highest BCUT2D eigenvalue weighted by Gasteiger charge is 2.35. The Bertz CT molecular complexity index is 551. The minimum Gasteiger partial charge on any atom is -0.396 e. The number of carbonyl (C=O) groups excluding carboxylic acids is 1. The number of hydrogen-bond donors (Lipinski definition) is 2. The van der Waals surface area contributed by atoms with E-state index < -0.39 is 0 Å². The summed E-state index contributed by atoms with van der Waals surface area (Å²) in [7, 11) is 0. The second-order valence-corrected chi connectivity index (χ2v) is 7.89. The zero-order chi connectivity index (χ0) is 17.1. The SMILES string of the molecule is CC(C)Cc1ccc(C(NC(=O)N2CCC(CO)C2)C2CC2)cc1. The number of hydrogen-bond acceptors (Lipinski definition) is 2. The van der Waals surface area contributed by atoms with Gasteiger partial charge < -0.3 is 15.3 Å². The Balaban J connectivity index is 1.63. The molecule has 2 unspecified atom stereocenters. The van der Waals surface area contributed by atoms with Crippen molar-refractivity contribution >= 4 is 6.03 Å². The van der Waals surface area contributed by atoms with Crippen LogP contribution in [0.3, 0.4) is 0 Å². The van der Waals surface area contributed by atoms with E-state index in [1.165, 1.54) is 24.0 Å². The average molecular weight is 330 g/mol. The van der Waals surface area contributed by atoms with Gasteiger partial charge in [0, 0.05) is 25.6 Å². The molecule has 132 valence electrons. The molecule has 2 fully saturated rings. The van der Waals surface area contributed by atoms with Crippen molar-refractivity contribution in [3.8, 4) is 0 Å². The van der Waals surface area contributed by atoms with Gasteiger partial charge >= 0.3 is 6.03 Å². The van der Waals surface area contributed by atoms with Gasteiger partial charge in [-0.15, -0.1) is 0 Å². The van der Waals surface area contributed by atoms with E-state index in [4.69, 9.17) is 0 Å². The number of aliphatic hydroxyl groups is 1. The van der Waals surface area contributed by atoms with E-state index in [2.05, 4.69) is 43.4 Å². The minimum atomic E-state index is 0.0223. The number of amides is 2. The van der Waals surface area contributed by atoms with Crippen LogP contribution in [0.4, 0.5) is 4.79 Å². The van der Waals surface area contributed by atoms with Gasteiger partial charge in [-0.1, -0.05) is 38.1 Å². The molecular formula is C20H30N2O2. The highest BCUT2D eigenvalue weighted by molar-refractivity contribution is 5.75. The number of rotatable bonds is 6. The third-order valence-corrected chi connectivity index (χ3v) is 5.19. The van der Waals surface area contributed by atoms with E-state index in [0.29, 0.717) is 18.4 Å². The molecule has 0 bridgehead atoms. The lowest BCUT2D eigenvalue weighted by atomic mass is 9.97. The maximum atomic E-state index is 12.6. The van der Waals surface area contributed by atoms with Crippen LogP contribution in [-0.2, 0) is 6.42 Å². The molecule has 1 aliphatic heterocycles. The van der Waals surface area contributed by atoms with Gasteiger partial charge in [0.25, 0.3) is 0 Å². The van der Waals surface area contributed by atoms with Gasteiger partial charge in [0.15, 0.2) is 0 Å². The monoisotopic (exact) mass is 330 g/mol. The molecule has 1 aliphatic carbocycles. The van der Waals surface area contributed by atoms with E-state index in [0.717, 1.165) is 19.4 Å². The first-order valence-corrected chi connectivity index (χ1v) is 9.32. The fourth-order valence-electron chi connectivity index (χ4n) is 3.63. The highest BCUT2D eigenvalue weighted by atomic mass is 16.3. The van der Waals surface area contributed by atoms with Gasteiger partial charge in [-0.05, 0) is 48.6 Å². The molecule has 0 aromatic heterocycles. The summed E-state index contributed by atoms with van der Waals surface area (Å²) in [4.78, 5) is 14.4. The Morgan fingerprint density at radius 1 is 1.25 bits per heavy atom. The Morgan fingerprint density at radius 3 is 2.50 bits per heavy atom. The van der Waals surface area contributed by atoms with Crippen molar-refractivity contribution in [2.75, 3.05) is 19.7 Å². The topological polar surface area (TPSA) is 52.6 Å². The standard InChI is InChI=1S/C20H30N2O2/c1-14(2)11-15-3-5-17(6-4-15)19(18-7-8-18)21-20(24)22-10-9-16(12-22)13-23/h3-6,14,16,18-19,23H,7-13H2,1-2H3,(H,21,24). The van der Waals surface area contributed by atoms with Gasteiger partial charge in [-0.3, -0.25) is 0 Å². The second-order valence-electron chi connectivity index (χ2n) is 7.89. The van der Waals surface area contributed by atoms with E-state index >= 15 is 0 Å². The molecule has 1 aromatic rings. The number of likely N-dealkylation sites (tertiary alicyclic amines) is 1. The van der Waals surface area contributed by atoms with Crippen molar-refractivity contribution in [1.29, 1.82) is 0 Å². The molecule has 24 heavy (non-hydrogen) atoms. The molecular weight excluding hydrogens is 300 g/mol. The van der Waals surface area contributed by atoms with Crippen LogP contribution in [0.1, 0.15) is 50.3 Å². The van der Waals surface area contributed by atoms with Gasteiger partial charge in [-0.25, -0.2) is 4.79 Å². The molecule has 4 heteroatoms. The van der Waals surface area contributed by atoms with E-state index in [1.54, 1.807) is 0 Å². The smallest absolute Gasteiger partial charge is 0.317 e. The summed E-state index contributed by atoms with van der Waals surface area (Å²) < 4.78 is 0. The first kappa shape index (κ1) is 17.3. The van der Waals surface area contributed by atoms with Crippen molar-refractivity contribution < 1.29 is 9.90 Å². The molecule has 2 N–H and O–H groups in total. The van der Waals surface area contributed by atoms with Crippen molar-refractivity contribution in [3.63, 3.8) is 0 Å². The van der Waals surface area contributed by atoms with E-state index in [9.17, 15) is 9.90 Å². The minimum absolute atomic E-state index is 0.0223. The van der Waals surface area contributed by atoms with Crippen molar-refractivity contribution in [1.82, 2.24) is 10.2 Å². The zero-order valence-corrected chi connectivity index (χ0v) is 14.9. The van der Waals surface area contributed by atoms with E-state index in [-0.39, 0.29) is 24.6 Å². The fraction of sp³-hybridized carbons (Fsp3) is 0.650. The zero-order valence-electron chi connectivity index (χ0n) is 14.9. The highest BCUT2D eigenvalue weighted by Crippen LogP contribution is 2.41. The molecule has 0 radical (unpaired) electrons. The number of nitrogens with zero attached hydrogens (tertiary/aromatic N) is 1. The molecule has 2 amide bonds. The summed E-state index contributed by atoms with van der Waals surface area (Å²) >= 11 is 0. The predicted molar refractivity (Wildman–Crippen MR) is 95.7 cm³/mol. The molecule has 1 saturated carbocycles. The van der Waals surface area contributed by atoms with Gasteiger partial charge in [0.2, 0.25) is 0 Å². The van der Waals surface area contributed by atoms with Gasteiger partial charge in [0.05, 0.1) is 6.04 Å². The van der Waals surface area contributed by atoms with Crippen molar-refractivity contribution in [2.24, 2.45) is 17.8 Å². The Hall–Kier alpha value is -1.55. The Morgan fingerprint density at radius 2 is 1.96 bits per heavy atom. The molecule has 2 aliphatic rings. The number of urea groups is 1. The molecule has 1 aromatic carbocycles. The molecule has 2 atom stereocenters. The van der Waals surface area contributed by atoms with Crippen LogP contribution in [0.25, 0.3) is 0 Å². The molecule has 1 saturated heterocycles. The lowest BCUT2D eigenvalue weighted by molar-refractivity contribution is 0.193. The summed E-state index contributed by atoms with van der Waals surface area (Å²) in [5, 5.41) is 12.5. The fourth-order valence-corrected chi connectivity index (χ4v) is 3.63. The lowest BCUT2D eigenvalue weighted by Crippen LogP contribution is -2.41. The normalized spacial score (nSPS) is 22.0. The number of aliphatic hydroxyl groups excluding tert-OH is 1. The molecule has 3 rings (SSSR count). The summed E-state index contributed by atoms with van der Waals surface area (Å²) in [6.45, 7) is 6.07. The van der Waals surface area contributed by atoms with Crippen molar-refractivity contribution in [2.45, 2.75) is 45.6 Å². The largest absolute Gasteiger partial charge is 0.396 e. The van der Waals surface area contributed by atoms with Gasteiger partial charge in [0.1, 0.15) is 0 Å². The van der Waals surface area contributed by atoms with Crippen LogP contribution >= 0.6 is 0 Å². The maximum absolute atomic E-state index is 12.6. The summed E-state index contributed by atoms with van der Waals surface area (Å²) in [6, 6.07) is 8.92. The van der Waals surface area contributed by atoms with Crippen LogP contribution in [0.5, 0.6) is 0 Å². The van der Waals surface area contributed by atoms with Crippen LogP contribution in [0.2, 0.25) is 0 Å². The van der Waals surface area contributed by atoms with E-state index in [1.807, 2.05) is 4.90 Å². The quantitative estimate of drug-likeness (QED) is 0.840. The van der Waals surface area contributed by atoms with Crippen LogP contribution in [0.15, 0.2) is 24.3 Å². The lowest BCUT2D eigenvalue weighted by Gasteiger charge is -2.24. The second kappa shape index (κ2) is 7.56. The molecule has 0 spiro atoms. The van der Waals surface area contributed by atoms with Crippen LogP contribution < -0.4 is 5.32 Å². The van der Waals surface area contributed by atoms with Crippen molar-refractivity contribution in [3.05, 3.63) is 35.4 Å². The Kier molecular flexibility index (Phi) is 5.44. The maximum Gasteiger partial charge on any atom is 0.317 e. The number of nitrogens with one attached hydrogen (secondary N) is 1. The first-order valence-electron chi connectivity index (χ1n) is 9.32. The average Bonchev–Trinajstić information content (AvgIpc) is 3.29. The van der Waals surface area contributed by atoms with Gasteiger partial charge in [-0.2, -0.15) is 0 Å². The van der Waals surface area contributed by atoms with Crippen LogP contribution in [0, 0.1) is 17.8 Å². The predicted octanol–water partition coefficient (Wildman–Crippen LogP) is 3.36. The third kappa shape index (κ3) is 4.29. The Labute approximate surface area is 145 Å². The summed E-state index contributed by atoms with van der Waals surface area (Å²) in [5.41, 5.74) is 2.58. The third-order valence-electron chi connectivity index (χ3n) is 5.19. The summed E-state index contributed by atoms with van der Waals surface area (Å²) in [6.07, 6.45) is 4.38. The number of benzene rings is 1. The summed E-state index contributed by atoms with van der Waals surface area (Å²) in [5.74, 6) is 1.47. The number of carbonyl (C=O) groups is 1. The molecule has 1 heterocycles. The molecule has 4 nitrogen and oxygen atoms in total.